The van der Waals surface area contributed by atoms with Crippen LogP contribution in [0, 0.1) is 11.6 Å². The maximum atomic E-state index is 13.3. The Hall–Kier alpha value is -0.530. The lowest BCUT2D eigenvalue weighted by atomic mass is 10.1. The zero-order valence-electron chi connectivity index (χ0n) is 8.38. The molecule has 3 nitrogen and oxygen atoms in total. The number of halogens is 3. The summed E-state index contributed by atoms with van der Waals surface area (Å²) in [4.78, 5) is 0. The quantitative estimate of drug-likeness (QED) is 0.867. The van der Waals surface area contributed by atoms with E-state index >= 15 is 0 Å². The lowest BCUT2D eigenvalue weighted by molar-refractivity contribution is 0.544. The molecular weight excluding hydrogens is 304 g/mol. The molecular formula is C9H10BrF2NO2S. The lowest BCUT2D eigenvalue weighted by Crippen LogP contribution is -2.28. The largest absolute Gasteiger partial charge is 0.222 e. The molecule has 0 amide bonds. The predicted octanol–water partition coefficient (Wildman–Crippen LogP) is 2.30. The summed E-state index contributed by atoms with van der Waals surface area (Å²) >= 11 is 2.79. The average Bonchev–Trinajstić information content (AvgIpc) is 2.21. The van der Waals surface area contributed by atoms with Crippen LogP contribution < -0.4 is 4.72 Å². The van der Waals surface area contributed by atoms with Crippen molar-refractivity contribution in [2.24, 2.45) is 0 Å². The van der Waals surface area contributed by atoms with Gasteiger partial charge in [0.25, 0.3) is 0 Å². The Balaban J connectivity index is 2.97. The monoisotopic (exact) mass is 313 g/mol. The molecule has 0 aliphatic carbocycles. The summed E-state index contributed by atoms with van der Waals surface area (Å²) in [7, 11) is -3.52. The van der Waals surface area contributed by atoms with Crippen LogP contribution in [0.4, 0.5) is 8.78 Å². The summed E-state index contributed by atoms with van der Waals surface area (Å²) in [6, 6.07) is 2.09. The minimum Gasteiger partial charge on any atom is -0.212 e. The molecule has 0 saturated heterocycles. The van der Waals surface area contributed by atoms with Crippen molar-refractivity contribution >= 4 is 26.0 Å². The Bertz CT molecular complexity index is 478. The summed E-state index contributed by atoms with van der Waals surface area (Å²) < 4.78 is 50.5. The fourth-order valence-electron chi connectivity index (χ4n) is 1.21. The first-order valence-corrected chi connectivity index (χ1v) is 7.14. The van der Waals surface area contributed by atoms with E-state index in [-0.39, 0.29) is 10.2 Å². The van der Waals surface area contributed by atoms with Gasteiger partial charge in [0, 0.05) is 11.6 Å². The fourth-order valence-corrected chi connectivity index (χ4v) is 2.34. The number of sulfonamides is 1. The third-order valence-corrected chi connectivity index (χ3v) is 4.73. The second kappa shape index (κ2) is 5.20. The van der Waals surface area contributed by atoms with Gasteiger partial charge >= 0.3 is 0 Å². The maximum Gasteiger partial charge on any atom is 0.222 e. The van der Waals surface area contributed by atoms with Crippen molar-refractivity contribution in [3.63, 3.8) is 0 Å². The minimum atomic E-state index is -3.52. The molecule has 16 heavy (non-hydrogen) atoms. The van der Waals surface area contributed by atoms with Gasteiger partial charge in [-0.1, -0.05) is 15.9 Å². The average molecular weight is 314 g/mol. The third kappa shape index (κ3) is 3.50. The highest BCUT2D eigenvalue weighted by molar-refractivity contribution is 9.10. The van der Waals surface area contributed by atoms with E-state index in [1.807, 2.05) is 0 Å². The van der Waals surface area contributed by atoms with Crippen molar-refractivity contribution in [2.75, 3.05) is 4.66 Å². The first-order chi connectivity index (χ1) is 7.35. The van der Waals surface area contributed by atoms with Crippen molar-refractivity contribution in [2.45, 2.75) is 13.0 Å². The molecule has 1 atom stereocenters. The van der Waals surface area contributed by atoms with E-state index in [2.05, 4.69) is 20.7 Å². The van der Waals surface area contributed by atoms with Gasteiger partial charge in [-0.15, -0.1) is 0 Å². The van der Waals surface area contributed by atoms with Crippen LogP contribution in [0.1, 0.15) is 18.5 Å². The van der Waals surface area contributed by atoms with Crippen molar-refractivity contribution in [3.8, 4) is 0 Å². The van der Waals surface area contributed by atoms with Gasteiger partial charge in [-0.3, -0.25) is 0 Å². The SMILES string of the molecule is CC(NS(=O)(=O)CBr)c1cc(F)ccc1F. The Labute approximate surface area is 101 Å². The van der Waals surface area contributed by atoms with Gasteiger partial charge in [0.05, 0.1) is 0 Å². The minimum absolute atomic E-state index is 0.0236. The summed E-state index contributed by atoms with van der Waals surface area (Å²) in [5.41, 5.74) is -0.0236. The van der Waals surface area contributed by atoms with Crippen LogP contribution in [0.15, 0.2) is 18.2 Å². The predicted molar refractivity (Wildman–Crippen MR) is 60.6 cm³/mol. The molecule has 1 rings (SSSR count). The summed E-state index contributed by atoms with van der Waals surface area (Å²) in [5.74, 6) is -1.26. The highest BCUT2D eigenvalue weighted by Gasteiger charge is 2.17. The molecule has 0 bridgehead atoms. The van der Waals surface area contributed by atoms with E-state index < -0.39 is 27.7 Å². The molecule has 1 aromatic carbocycles. The smallest absolute Gasteiger partial charge is 0.212 e. The maximum absolute atomic E-state index is 13.3. The van der Waals surface area contributed by atoms with Crippen molar-refractivity contribution < 1.29 is 17.2 Å². The zero-order chi connectivity index (χ0) is 12.3. The van der Waals surface area contributed by atoms with E-state index in [9.17, 15) is 17.2 Å². The van der Waals surface area contributed by atoms with Crippen LogP contribution >= 0.6 is 15.9 Å². The van der Waals surface area contributed by atoms with Gasteiger partial charge in [-0.25, -0.2) is 21.9 Å². The molecule has 0 aliphatic heterocycles. The van der Waals surface area contributed by atoms with Gasteiger partial charge in [0.2, 0.25) is 10.0 Å². The van der Waals surface area contributed by atoms with E-state index in [0.29, 0.717) is 0 Å². The van der Waals surface area contributed by atoms with Gasteiger partial charge < -0.3 is 0 Å². The number of nitrogens with one attached hydrogen (secondary N) is 1. The van der Waals surface area contributed by atoms with Crippen LogP contribution in [0.25, 0.3) is 0 Å². The zero-order valence-corrected chi connectivity index (χ0v) is 10.8. The molecule has 0 spiro atoms. The Kier molecular flexibility index (Phi) is 4.40. The number of hydrogen-bond donors (Lipinski definition) is 1. The summed E-state index contributed by atoms with van der Waals surface area (Å²) in [5, 5.41) is 0. The van der Waals surface area contributed by atoms with Crippen LogP contribution in [0.2, 0.25) is 0 Å². The molecule has 1 aromatic rings. The summed E-state index contributed by atoms with van der Waals surface area (Å²) in [6.45, 7) is 1.44. The van der Waals surface area contributed by atoms with E-state index in [0.717, 1.165) is 18.2 Å². The number of hydrogen-bond acceptors (Lipinski definition) is 2. The Morgan fingerprint density at radius 1 is 1.44 bits per heavy atom. The standard InChI is InChI=1S/C9H10BrF2NO2S/c1-6(13-16(14,15)5-10)8-4-7(11)2-3-9(8)12/h2-4,6,13H,5H2,1H3. The topological polar surface area (TPSA) is 46.2 Å². The summed E-state index contributed by atoms with van der Waals surface area (Å²) in [6.07, 6.45) is 0. The van der Waals surface area contributed by atoms with E-state index in [4.69, 9.17) is 0 Å². The van der Waals surface area contributed by atoms with E-state index in [1.54, 1.807) is 0 Å². The molecule has 0 fully saturated rings. The van der Waals surface area contributed by atoms with Crippen LogP contribution in [-0.2, 0) is 10.0 Å². The van der Waals surface area contributed by atoms with Gasteiger partial charge in [-0.05, 0) is 25.1 Å². The number of benzene rings is 1. The Morgan fingerprint density at radius 3 is 2.62 bits per heavy atom. The molecule has 1 unspecified atom stereocenters. The van der Waals surface area contributed by atoms with Crippen LogP contribution in [-0.4, -0.2) is 13.1 Å². The van der Waals surface area contributed by atoms with Crippen molar-refractivity contribution in [1.82, 2.24) is 4.72 Å². The van der Waals surface area contributed by atoms with E-state index in [1.165, 1.54) is 6.92 Å². The molecule has 0 radical (unpaired) electrons. The third-order valence-electron chi connectivity index (χ3n) is 1.92. The lowest BCUT2D eigenvalue weighted by Gasteiger charge is -2.14. The molecule has 90 valence electrons. The second-order valence-electron chi connectivity index (χ2n) is 3.23. The highest BCUT2D eigenvalue weighted by Crippen LogP contribution is 2.18. The number of alkyl halides is 1. The first kappa shape index (κ1) is 13.5. The second-order valence-corrected chi connectivity index (χ2v) is 6.29. The number of rotatable bonds is 4. The first-order valence-electron chi connectivity index (χ1n) is 4.36. The molecule has 0 aromatic heterocycles. The van der Waals surface area contributed by atoms with Gasteiger partial charge in [0.15, 0.2) is 0 Å². The van der Waals surface area contributed by atoms with Crippen molar-refractivity contribution in [1.29, 1.82) is 0 Å². The molecule has 1 N–H and O–H groups in total. The fraction of sp³-hybridized carbons (Fsp3) is 0.333. The van der Waals surface area contributed by atoms with Gasteiger partial charge in [0.1, 0.15) is 16.3 Å². The molecule has 0 saturated carbocycles. The van der Waals surface area contributed by atoms with Crippen molar-refractivity contribution in [3.05, 3.63) is 35.4 Å². The van der Waals surface area contributed by atoms with Crippen LogP contribution in [0.3, 0.4) is 0 Å². The normalized spacial score (nSPS) is 13.8. The Morgan fingerprint density at radius 2 is 2.06 bits per heavy atom. The molecule has 0 aliphatic rings. The van der Waals surface area contributed by atoms with Gasteiger partial charge in [-0.2, -0.15) is 0 Å². The molecule has 7 heteroatoms. The molecule has 0 heterocycles. The van der Waals surface area contributed by atoms with Crippen LogP contribution in [0.5, 0.6) is 0 Å². The highest BCUT2D eigenvalue weighted by atomic mass is 79.9.